The zero-order valence-electron chi connectivity index (χ0n) is 15.5. The van der Waals surface area contributed by atoms with Gasteiger partial charge in [-0.2, -0.15) is 5.10 Å². The van der Waals surface area contributed by atoms with E-state index >= 15 is 0 Å². The highest BCUT2D eigenvalue weighted by molar-refractivity contribution is 5.97. The van der Waals surface area contributed by atoms with Gasteiger partial charge in [0.2, 0.25) is 0 Å². The number of fused-ring (bicyclic) bond motifs is 1. The van der Waals surface area contributed by atoms with Crippen molar-refractivity contribution >= 4 is 17.9 Å². The summed E-state index contributed by atoms with van der Waals surface area (Å²) in [4.78, 5) is 35.5. The van der Waals surface area contributed by atoms with Crippen LogP contribution in [0.5, 0.6) is 0 Å². The van der Waals surface area contributed by atoms with E-state index in [1.54, 1.807) is 23.7 Å². The van der Waals surface area contributed by atoms with Crippen molar-refractivity contribution in [3.8, 4) is 5.69 Å². The topological polar surface area (TPSA) is 102 Å². The summed E-state index contributed by atoms with van der Waals surface area (Å²) in [6.07, 6.45) is 3.29. The molecule has 0 atom stereocenters. The lowest BCUT2D eigenvalue weighted by Crippen LogP contribution is -2.41. The largest absolute Gasteiger partial charge is 0.451 e. The maximum Gasteiger partial charge on any atom is 0.359 e. The molecule has 1 aliphatic carbocycles. The zero-order valence-corrected chi connectivity index (χ0v) is 15.5. The molecule has 148 valence electrons. The second-order valence-corrected chi connectivity index (χ2v) is 6.35. The highest BCUT2D eigenvalue weighted by Gasteiger charge is 2.27. The van der Waals surface area contributed by atoms with E-state index in [4.69, 9.17) is 4.74 Å². The summed E-state index contributed by atoms with van der Waals surface area (Å²) in [5, 5.41) is 8.84. The zero-order chi connectivity index (χ0) is 20.1. The van der Waals surface area contributed by atoms with Gasteiger partial charge >= 0.3 is 12.0 Å². The van der Waals surface area contributed by atoms with E-state index in [9.17, 15) is 18.8 Å². The molecule has 1 aromatic heterocycles. The van der Waals surface area contributed by atoms with E-state index in [2.05, 4.69) is 15.7 Å². The van der Waals surface area contributed by atoms with Gasteiger partial charge in [-0.25, -0.2) is 18.7 Å². The van der Waals surface area contributed by atoms with Crippen LogP contribution in [0.15, 0.2) is 24.3 Å². The number of ether oxygens (including phenoxy) is 1. The van der Waals surface area contributed by atoms with Crippen molar-refractivity contribution < 1.29 is 23.5 Å². The Kier molecular flexibility index (Phi) is 6.03. The number of aromatic nitrogens is 2. The lowest BCUT2D eigenvalue weighted by atomic mass is 9.95. The standard InChI is InChI=1S/C19H21FN4O4/c1-2-21-19(27)22-16(25)11-28-18(26)17-14-5-3-4-6-15(14)24(23-17)13-9-7-12(20)8-10-13/h7-10H,2-6,11H2,1H3,(H2,21,22,25,27). The number of nitrogens with one attached hydrogen (secondary N) is 2. The van der Waals surface area contributed by atoms with Crippen LogP contribution >= 0.6 is 0 Å². The number of halogens is 1. The number of nitrogens with zero attached hydrogens (tertiary/aromatic N) is 2. The van der Waals surface area contributed by atoms with Crippen molar-refractivity contribution in [3.05, 3.63) is 47.0 Å². The van der Waals surface area contributed by atoms with Crippen molar-refractivity contribution in [2.45, 2.75) is 32.6 Å². The maximum absolute atomic E-state index is 13.2. The van der Waals surface area contributed by atoms with E-state index in [1.165, 1.54) is 12.1 Å². The molecule has 0 aliphatic heterocycles. The highest BCUT2D eigenvalue weighted by atomic mass is 19.1. The average molecular weight is 388 g/mol. The fourth-order valence-corrected chi connectivity index (χ4v) is 3.13. The molecule has 28 heavy (non-hydrogen) atoms. The number of esters is 1. The maximum atomic E-state index is 13.2. The molecule has 0 spiro atoms. The summed E-state index contributed by atoms with van der Waals surface area (Å²) in [6.45, 7) is 1.49. The van der Waals surface area contributed by atoms with Gasteiger partial charge in [-0.3, -0.25) is 10.1 Å². The number of hydrogen-bond acceptors (Lipinski definition) is 5. The Morgan fingerprint density at radius 2 is 1.89 bits per heavy atom. The van der Waals surface area contributed by atoms with Crippen LogP contribution in [-0.4, -0.2) is 40.8 Å². The Balaban J connectivity index is 1.76. The molecule has 3 amide bonds. The van der Waals surface area contributed by atoms with Crippen molar-refractivity contribution in [3.63, 3.8) is 0 Å². The van der Waals surface area contributed by atoms with Crippen LogP contribution < -0.4 is 10.6 Å². The molecule has 2 aromatic rings. The van der Waals surface area contributed by atoms with Gasteiger partial charge in [0, 0.05) is 17.8 Å². The Labute approximate surface area is 161 Å². The Morgan fingerprint density at radius 1 is 1.18 bits per heavy atom. The first-order valence-electron chi connectivity index (χ1n) is 9.11. The molecule has 1 aromatic carbocycles. The Morgan fingerprint density at radius 3 is 2.61 bits per heavy atom. The van der Waals surface area contributed by atoms with Crippen LogP contribution in [0, 0.1) is 5.82 Å². The lowest BCUT2D eigenvalue weighted by Gasteiger charge is -2.14. The fourth-order valence-electron chi connectivity index (χ4n) is 3.13. The molecule has 0 radical (unpaired) electrons. The smallest absolute Gasteiger partial charge is 0.359 e. The molecule has 3 rings (SSSR count). The molecular formula is C19H21FN4O4. The first-order valence-corrected chi connectivity index (χ1v) is 9.11. The summed E-state index contributed by atoms with van der Waals surface area (Å²) < 4.78 is 19.9. The minimum absolute atomic E-state index is 0.143. The van der Waals surface area contributed by atoms with Gasteiger partial charge in [0.1, 0.15) is 5.82 Å². The molecule has 0 unspecified atom stereocenters. The van der Waals surface area contributed by atoms with Gasteiger partial charge in [0.25, 0.3) is 5.91 Å². The van der Waals surface area contributed by atoms with Gasteiger partial charge in [-0.1, -0.05) is 0 Å². The predicted octanol–water partition coefficient (Wildman–Crippen LogP) is 1.89. The lowest BCUT2D eigenvalue weighted by molar-refractivity contribution is -0.123. The first kappa shape index (κ1) is 19.5. The van der Waals surface area contributed by atoms with Crippen LogP contribution in [0.4, 0.5) is 9.18 Å². The Bertz CT molecular complexity index is 892. The van der Waals surface area contributed by atoms with E-state index < -0.39 is 24.5 Å². The van der Waals surface area contributed by atoms with E-state index in [1.807, 2.05) is 0 Å². The normalized spacial score (nSPS) is 12.8. The van der Waals surface area contributed by atoms with E-state index in [0.29, 0.717) is 18.7 Å². The van der Waals surface area contributed by atoms with Crippen LogP contribution in [0.1, 0.15) is 41.5 Å². The van der Waals surface area contributed by atoms with Gasteiger partial charge in [0.15, 0.2) is 12.3 Å². The second kappa shape index (κ2) is 8.64. The molecule has 8 nitrogen and oxygen atoms in total. The average Bonchev–Trinajstić information content (AvgIpc) is 3.07. The minimum Gasteiger partial charge on any atom is -0.451 e. The monoisotopic (exact) mass is 388 g/mol. The minimum atomic E-state index is -0.731. The molecule has 0 fully saturated rings. The molecule has 0 saturated carbocycles. The number of rotatable bonds is 5. The first-order chi connectivity index (χ1) is 13.5. The van der Waals surface area contributed by atoms with Gasteiger partial charge in [-0.05, 0) is 56.9 Å². The van der Waals surface area contributed by atoms with Crippen LogP contribution in [-0.2, 0) is 22.4 Å². The molecule has 2 N–H and O–H groups in total. The summed E-state index contributed by atoms with van der Waals surface area (Å²) in [5.41, 5.74) is 2.46. The van der Waals surface area contributed by atoms with E-state index in [-0.39, 0.29) is 11.5 Å². The fraction of sp³-hybridized carbons (Fsp3) is 0.368. The van der Waals surface area contributed by atoms with Crippen molar-refractivity contribution in [2.75, 3.05) is 13.2 Å². The number of imide groups is 1. The van der Waals surface area contributed by atoms with Gasteiger partial charge in [-0.15, -0.1) is 0 Å². The summed E-state index contributed by atoms with van der Waals surface area (Å²) in [7, 11) is 0. The molecule has 1 heterocycles. The number of hydrogen-bond donors (Lipinski definition) is 2. The number of amides is 3. The third-order valence-electron chi connectivity index (χ3n) is 4.37. The highest BCUT2D eigenvalue weighted by Crippen LogP contribution is 2.27. The summed E-state index contributed by atoms with van der Waals surface area (Å²) in [5.74, 6) is -1.82. The van der Waals surface area contributed by atoms with Gasteiger partial charge < -0.3 is 10.1 Å². The SMILES string of the molecule is CCNC(=O)NC(=O)COC(=O)c1nn(-c2ccc(F)cc2)c2c1CCCC2. The van der Waals surface area contributed by atoms with Gasteiger partial charge in [0.05, 0.1) is 5.69 Å². The molecule has 9 heteroatoms. The van der Waals surface area contributed by atoms with Crippen molar-refractivity contribution in [1.29, 1.82) is 0 Å². The molecular weight excluding hydrogens is 367 g/mol. The third-order valence-corrected chi connectivity index (χ3v) is 4.37. The van der Waals surface area contributed by atoms with Crippen molar-refractivity contribution in [2.24, 2.45) is 0 Å². The van der Waals surface area contributed by atoms with Crippen LogP contribution in [0.2, 0.25) is 0 Å². The molecule has 1 aliphatic rings. The van der Waals surface area contributed by atoms with Crippen molar-refractivity contribution in [1.82, 2.24) is 20.4 Å². The third kappa shape index (κ3) is 4.36. The number of urea groups is 1. The number of carbonyl (C=O) groups excluding carboxylic acids is 3. The molecule has 0 saturated heterocycles. The van der Waals surface area contributed by atoms with E-state index in [0.717, 1.165) is 30.5 Å². The summed E-state index contributed by atoms with van der Waals surface area (Å²) in [6, 6.07) is 5.19. The second-order valence-electron chi connectivity index (χ2n) is 6.35. The van der Waals surface area contributed by atoms with Crippen LogP contribution in [0.25, 0.3) is 5.69 Å². The quantitative estimate of drug-likeness (QED) is 0.762. The Hall–Kier alpha value is -3.23. The summed E-state index contributed by atoms with van der Waals surface area (Å²) >= 11 is 0. The number of benzene rings is 1. The number of carbonyl (C=O) groups is 3. The molecule has 0 bridgehead atoms. The predicted molar refractivity (Wildman–Crippen MR) is 97.7 cm³/mol. The van der Waals surface area contributed by atoms with Crippen LogP contribution in [0.3, 0.4) is 0 Å².